The zero-order chi connectivity index (χ0) is 19.6. The van der Waals surface area contributed by atoms with Gasteiger partial charge in [0, 0.05) is 24.6 Å². The highest BCUT2D eigenvalue weighted by Gasteiger charge is 2.12. The van der Waals surface area contributed by atoms with Crippen LogP contribution in [0.5, 0.6) is 0 Å². The summed E-state index contributed by atoms with van der Waals surface area (Å²) in [7, 11) is 1.30. The van der Waals surface area contributed by atoms with Gasteiger partial charge in [-0.3, -0.25) is 14.6 Å². The Morgan fingerprint density at radius 3 is 2.26 bits per heavy atom. The SMILES string of the molecule is CCCCCNC(=O)c1cncc(C(=O)Nc2ccc(C(=O)OC)cc2)c1. The van der Waals surface area contributed by atoms with Gasteiger partial charge in [-0.2, -0.15) is 0 Å². The Kier molecular flexibility index (Phi) is 7.49. The number of esters is 1. The molecule has 0 atom stereocenters. The summed E-state index contributed by atoms with van der Waals surface area (Å²) in [6.07, 6.45) is 5.87. The number of unbranched alkanes of at least 4 members (excludes halogenated alkanes) is 2. The Hall–Kier alpha value is -3.22. The molecular formula is C20H23N3O4. The van der Waals surface area contributed by atoms with Crippen LogP contribution >= 0.6 is 0 Å². The molecule has 0 aliphatic carbocycles. The molecule has 2 N–H and O–H groups in total. The van der Waals surface area contributed by atoms with E-state index in [0.29, 0.717) is 23.4 Å². The molecule has 1 heterocycles. The van der Waals surface area contributed by atoms with Crippen LogP contribution in [0.1, 0.15) is 57.3 Å². The molecule has 7 nitrogen and oxygen atoms in total. The first-order valence-electron chi connectivity index (χ1n) is 8.78. The van der Waals surface area contributed by atoms with Crippen LogP contribution in [0.25, 0.3) is 0 Å². The number of carbonyl (C=O) groups is 3. The first kappa shape index (κ1) is 20.1. The summed E-state index contributed by atoms with van der Waals surface area (Å²) < 4.78 is 4.63. The number of hydrogen-bond acceptors (Lipinski definition) is 5. The van der Waals surface area contributed by atoms with Crippen LogP contribution in [-0.2, 0) is 4.74 Å². The smallest absolute Gasteiger partial charge is 0.337 e. The van der Waals surface area contributed by atoms with Crippen molar-refractivity contribution >= 4 is 23.5 Å². The lowest BCUT2D eigenvalue weighted by Gasteiger charge is -2.08. The molecule has 1 aromatic heterocycles. The summed E-state index contributed by atoms with van der Waals surface area (Å²) in [5, 5.41) is 5.52. The van der Waals surface area contributed by atoms with Gasteiger partial charge >= 0.3 is 5.97 Å². The number of hydrogen-bond donors (Lipinski definition) is 2. The van der Waals surface area contributed by atoms with Gasteiger partial charge < -0.3 is 15.4 Å². The first-order chi connectivity index (χ1) is 13.0. The van der Waals surface area contributed by atoms with Crippen molar-refractivity contribution in [3.05, 3.63) is 59.4 Å². The maximum atomic E-state index is 12.4. The minimum absolute atomic E-state index is 0.254. The monoisotopic (exact) mass is 369 g/mol. The predicted octanol–water partition coefficient (Wildman–Crippen LogP) is 3.04. The minimum atomic E-state index is -0.449. The molecule has 7 heteroatoms. The summed E-state index contributed by atoms with van der Waals surface area (Å²) >= 11 is 0. The fourth-order valence-corrected chi connectivity index (χ4v) is 2.38. The lowest BCUT2D eigenvalue weighted by atomic mass is 10.1. The van der Waals surface area contributed by atoms with E-state index in [-0.39, 0.29) is 11.5 Å². The molecular weight excluding hydrogens is 346 g/mol. The highest BCUT2D eigenvalue weighted by Crippen LogP contribution is 2.12. The Balaban J connectivity index is 2.00. The van der Waals surface area contributed by atoms with Gasteiger partial charge in [0.25, 0.3) is 11.8 Å². The number of methoxy groups -OCH3 is 1. The summed E-state index contributed by atoms with van der Waals surface area (Å²) in [6.45, 7) is 2.69. The van der Waals surface area contributed by atoms with Gasteiger partial charge in [-0.15, -0.1) is 0 Å². The third-order valence-electron chi connectivity index (χ3n) is 3.89. The van der Waals surface area contributed by atoms with Crippen LogP contribution in [-0.4, -0.2) is 36.4 Å². The molecule has 2 amide bonds. The molecule has 2 rings (SSSR count). The number of ether oxygens (including phenoxy) is 1. The Morgan fingerprint density at radius 2 is 1.63 bits per heavy atom. The second-order valence-corrected chi connectivity index (χ2v) is 5.95. The van der Waals surface area contributed by atoms with Crippen molar-refractivity contribution in [2.75, 3.05) is 19.0 Å². The van der Waals surface area contributed by atoms with Gasteiger partial charge in [-0.1, -0.05) is 19.8 Å². The maximum Gasteiger partial charge on any atom is 0.337 e. The zero-order valence-corrected chi connectivity index (χ0v) is 15.5. The lowest BCUT2D eigenvalue weighted by molar-refractivity contribution is 0.0600. The molecule has 0 bridgehead atoms. The van der Waals surface area contributed by atoms with Crippen molar-refractivity contribution in [3.8, 4) is 0 Å². The van der Waals surface area contributed by atoms with Crippen LogP contribution in [0, 0.1) is 0 Å². The van der Waals surface area contributed by atoms with E-state index < -0.39 is 11.9 Å². The molecule has 0 unspecified atom stereocenters. The van der Waals surface area contributed by atoms with Crippen LogP contribution in [0.4, 0.5) is 5.69 Å². The van der Waals surface area contributed by atoms with Crippen molar-refractivity contribution in [2.45, 2.75) is 26.2 Å². The lowest BCUT2D eigenvalue weighted by Crippen LogP contribution is -2.25. The predicted molar refractivity (Wildman–Crippen MR) is 102 cm³/mol. The molecule has 1 aromatic carbocycles. The van der Waals surface area contributed by atoms with Crippen LogP contribution in [0.3, 0.4) is 0 Å². The number of nitrogens with zero attached hydrogens (tertiary/aromatic N) is 1. The van der Waals surface area contributed by atoms with Gasteiger partial charge in [0.1, 0.15) is 0 Å². The zero-order valence-electron chi connectivity index (χ0n) is 15.5. The van der Waals surface area contributed by atoms with E-state index in [1.165, 1.54) is 25.6 Å². The summed E-state index contributed by atoms with van der Waals surface area (Å²) in [5.41, 5.74) is 1.51. The fourth-order valence-electron chi connectivity index (χ4n) is 2.38. The Labute approximate surface area is 158 Å². The average molecular weight is 369 g/mol. The second-order valence-electron chi connectivity index (χ2n) is 5.95. The molecule has 0 fully saturated rings. The van der Waals surface area contributed by atoms with E-state index in [0.717, 1.165) is 19.3 Å². The molecule has 0 spiro atoms. The molecule has 142 valence electrons. The Bertz CT molecular complexity index is 803. The van der Waals surface area contributed by atoms with E-state index in [1.807, 2.05) is 0 Å². The van der Waals surface area contributed by atoms with Crippen molar-refractivity contribution in [3.63, 3.8) is 0 Å². The van der Waals surface area contributed by atoms with Gasteiger partial charge in [0.15, 0.2) is 0 Å². The molecule has 0 saturated heterocycles. The minimum Gasteiger partial charge on any atom is -0.465 e. The molecule has 0 aliphatic heterocycles. The number of carbonyl (C=O) groups excluding carboxylic acids is 3. The number of nitrogens with one attached hydrogen (secondary N) is 2. The fraction of sp³-hybridized carbons (Fsp3) is 0.300. The van der Waals surface area contributed by atoms with Gasteiger partial charge in [0.2, 0.25) is 0 Å². The van der Waals surface area contributed by atoms with Crippen LogP contribution in [0.15, 0.2) is 42.7 Å². The van der Waals surface area contributed by atoms with E-state index in [1.54, 1.807) is 24.3 Å². The van der Waals surface area contributed by atoms with Crippen molar-refractivity contribution in [2.24, 2.45) is 0 Å². The highest BCUT2D eigenvalue weighted by atomic mass is 16.5. The summed E-state index contributed by atoms with van der Waals surface area (Å²) in [6, 6.07) is 7.81. The van der Waals surface area contributed by atoms with Crippen molar-refractivity contribution in [1.82, 2.24) is 10.3 Å². The highest BCUT2D eigenvalue weighted by molar-refractivity contribution is 6.06. The third kappa shape index (κ3) is 5.91. The number of pyridine rings is 1. The standard InChI is InChI=1S/C20H23N3O4/c1-3-4-5-10-22-18(24)15-11-16(13-21-12-15)19(25)23-17-8-6-14(7-9-17)20(26)27-2/h6-9,11-13H,3-5,10H2,1-2H3,(H,22,24)(H,23,25). The first-order valence-corrected chi connectivity index (χ1v) is 8.78. The van der Waals surface area contributed by atoms with Crippen molar-refractivity contribution < 1.29 is 19.1 Å². The van der Waals surface area contributed by atoms with Gasteiger partial charge in [-0.05, 0) is 36.8 Å². The molecule has 0 radical (unpaired) electrons. The van der Waals surface area contributed by atoms with Gasteiger partial charge in [0.05, 0.1) is 23.8 Å². The molecule has 2 aromatic rings. The normalized spacial score (nSPS) is 10.1. The third-order valence-corrected chi connectivity index (χ3v) is 3.89. The number of anilines is 1. The summed E-state index contributed by atoms with van der Waals surface area (Å²) in [4.78, 5) is 39.9. The van der Waals surface area contributed by atoms with E-state index >= 15 is 0 Å². The van der Waals surface area contributed by atoms with Crippen LogP contribution < -0.4 is 10.6 Å². The van der Waals surface area contributed by atoms with Crippen LogP contribution in [0.2, 0.25) is 0 Å². The topological polar surface area (TPSA) is 97.4 Å². The number of aromatic nitrogens is 1. The Morgan fingerprint density at radius 1 is 0.963 bits per heavy atom. The molecule has 27 heavy (non-hydrogen) atoms. The number of amides is 2. The largest absolute Gasteiger partial charge is 0.465 e. The van der Waals surface area contributed by atoms with E-state index in [9.17, 15) is 14.4 Å². The average Bonchev–Trinajstić information content (AvgIpc) is 2.71. The second kappa shape index (κ2) is 10.1. The summed E-state index contributed by atoms with van der Waals surface area (Å²) in [5.74, 6) is -1.10. The van der Waals surface area contributed by atoms with Crippen molar-refractivity contribution in [1.29, 1.82) is 0 Å². The van der Waals surface area contributed by atoms with Gasteiger partial charge in [-0.25, -0.2) is 4.79 Å². The maximum absolute atomic E-state index is 12.4. The van der Waals surface area contributed by atoms with E-state index in [2.05, 4.69) is 27.3 Å². The number of rotatable bonds is 8. The van der Waals surface area contributed by atoms with E-state index in [4.69, 9.17) is 0 Å². The quantitative estimate of drug-likeness (QED) is 0.551. The number of benzene rings is 1. The molecule has 0 saturated carbocycles. The molecule has 0 aliphatic rings.